The Morgan fingerprint density at radius 1 is 1.29 bits per heavy atom. The number of carbonyl (C=O) groups excluding carboxylic acids is 1. The highest BCUT2D eigenvalue weighted by Gasteiger charge is 2.28. The Morgan fingerprint density at radius 3 is 2.79 bits per heavy atom. The Kier molecular flexibility index (Phi) is 4.89. The minimum absolute atomic E-state index is 0.0926. The van der Waals surface area contributed by atoms with E-state index in [4.69, 9.17) is 4.74 Å². The van der Waals surface area contributed by atoms with Gasteiger partial charge in [0.1, 0.15) is 17.8 Å². The van der Waals surface area contributed by atoms with Crippen LogP contribution in [0.5, 0.6) is 5.75 Å². The number of hydrogen-bond donors (Lipinski definition) is 0. The molecular formula is C19H19F2N5O2. The Balaban J connectivity index is 1.58. The van der Waals surface area contributed by atoms with Gasteiger partial charge in [0.25, 0.3) is 18.1 Å². The van der Waals surface area contributed by atoms with E-state index < -0.39 is 6.43 Å². The number of aromatic nitrogens is 4. The summed E-state index contributed by atoms with van der Waals surface area (Å²) in [6, 6.07) is 8.30. The number of benzene rings is 1. The van der Waals surface area contributed by atoms with Crippen LogP contribution in [0, 0.1) is 0 Å². The summed E-state index contributed by atoms with van der Waals surface area (Å²) < 4.78 is 33.0. The van der Waals surface area contributed by atoms with E-state index in [9.17, 15) is 13.6 Å². The van der Waals surface area contributed by atoms with Crippen LogP contribution in [0.3, 0.4) is 0 Å². The van der Waals surface area contributed by atoms with Crippen LogP contribution in [0.1, 0.15) is 46.9 Å². The van der Waals surface area contributed by atoms with Crippen molar-refractivity contribution in [3.8, 4) is 5.75 Å². The first-order valence-corrected chi connectivity index (χ1v) is 8.99. The minimum Gasteiger partial charge on any atom is -0.497 e. The molecule has 1 atom stereocenters. The number of piperidine rings is 1. The molecule has 1 aliphatic rings. The molecule has 146 valence electrons. The minimum atomic E-state index is -2.69. The number of alkyl halides is 2. The first-order chi connectivity index (χ1) is 13.6. The first-order valence-electron chi connectivity index (χ1n) is 8.99. The molecule has 28 heavy (non-hydrogen) atoms. The lowest BCUT2D eigenvalue weighted by Gasteiger charge is -2.32. The maximum Gasteiger partial charge on any atom is 0.280 e. The third-order valence-corrected chi connectivity index (χ3v) is 4.99. The van der Waals surface area contributed by atoms with Crippen molar-refractivity contribution in [1.82, 2.24) is 24.5 Å². The summed E-state index contributed by atoms with van der Waals surface area (Å²) in [4.78, 5) is 22.9. The number of halogens is 2. The number of amides is 1. The third-order valence-electron chi connectivity index (χ3n) is 4.99. The third kappa shape index (κ3) is 3.39. The van der Waals surface area contributed by atoms with Crippen LogP contribution in [0.15, 0.2) is 36.7 Å². The van der Waals surface area contributed by atoms with Crippen LogP contribution in [0.25, 0.3) is 5.78 Å². The van der Waals surface area contributed by atoms with Crippen molar-refractivity contribution in [3.05, 3.63) is 53.6 Å². The van der Waals surface area contributed by atoms with Gasteiger partial charge in [0.2, 0.25) is 0 Å². The highest BCUT2D eigenvalue weighted by Crippen LogP contribution is 2.29. The van der Waals surface area contributed by atoms with Gasteiger partial charge in [-0.15, -0.1) is 0 Å². The maximum atomic E-state index is 13.4. The van der Waals surface area contributed by atoms with Gasteiger partial charge >= 0.3 is 0 Å². The number of ether oxygens (including phenoxy) is 1. The molecule has 3 aromatic rings. The van der Waals surface area contributed by atoms with E-state index in [-0.39, 0.29) is 23.3 Å². The van der Waals surface area contributed by atoms with E-state index in [0.29, 0.717) is 30.1 Å². The van der Waals surface area contributed by atoms with E-state index in [1.807, 2.05) is 0 Å². The molecule has 1 fully saturated rings. The molecule has 7 nitrogen and oxygen atoms in total. The molecule has 3 heterocycles. The summed E-state index contributed by atoms with van der Waals surface area (Å²) in [5.41, 5.74) is 0.842. The molecule has 1 amide bonds. The summed E-state index contributed by atoms with van der Waals surface area (Å²) in [5.74, 6) is 0.602. The zero-order chi connectivity index (χ0) is 19.7. The topological polar surface area (TPSA) is 72.6 Å². The predicted molar refractivity (Wildman–Crippen MR) is 96.6 cm³/mol. The highest BCUT2D eigenvalue weighted by molar-refractivity contribution is 5.94. The molecule has 0 radical (unpaired) electrons. The highest BCUT2D eigenvalue weighted by atomic mass is 19.3. The molecule has 1 aliphatic heterocycles. The van der Waals surface area contributed by atoms with Crippen molar-refractivity contribution in [2.45, 2.75) is 25.2 Å². The van der Waals surface area contributed by atoms with Gasteiger partial charge < -0.3 is 9.64 Å². The van der Waals surface area contributed by atoms with Gasteiger partial charge in [-0.05, 0) is 43.2 Å². The van der Waals surface area contributed by atoms with Gasteiger partial charge in [-0.1, -0.05) is 0 Å². The average molecular weight is 387 g/mol. The fourth-order valence-corrected chi connectivity index (χ4v) is 3.54. The van der Waals surface area contributed by atoms with Gasteiger partial charge in [-0.25, -0.2) is 13.8 Å². The molecule has 0 N–H and O–H groups in total. The number of likely N-dealkylation sites (tertiary alicyclic amines) is 1. The molecule has 1 aromatic carbocycles. The van der Waals surface area contributed by atoms with E-state index in [1.165, 1.54) is 12.4 Å². The van der Waals surface area contributed by atoms with Gasteiger partial charge in [0, 0.05) is 24.6 Å². The molecule has 0 spiro atoms. The number of nitrogens with zero attached hydrogens (tertiary/aromatic N) is 5. The van der Waals surface area contributed by atoms with Crippen molar-refractivity contribution in [2.24, 2.45) is 0 Å². The number of rotatable bonds is 4. The van der Waals surface area contributed by atoms with Gasteiger partial charge in [-0.3, -0.25) is 4.79 Å². The monoisotopic (exact) mass is 387 g/mol. The van der Waals surface area contributed by atoms with E-state index in [2.05, 4.69) is 15.1 Å². The summed E-state index contributed by atoms with van der Waals surface area (Å²) >= 11 is 0. The lowest BCUT2D eigenvalue weighted by Crippen LogP contribution is -2.39. The van der Waals surface area contributed by atoms with Crippen molar-refractivity contribution in [2.75, 3.05) is 20.2 Å². The van der Waals surface area contributed by atoms with Crippen LogP contribution in [-0.4, -0.2) is 50.6 Å². The maximum absolute atomic E-state index is 13.4. The van der Waals surface area contributed by atoms with Crippen molar-refractivity contribution < 1.29 is 18.3 Å². The summed E-state index contributed by atoms with van der Waals surface area (Å²) in [5, 5.41) is 3.81. The number of hydrogen-bond acceptors (Lipinski definition) is 5. The van der Waals surface area contributed by atoms with Crippen LogP contribution in [-0.2, 0) is 0 Å². The Bertz CT molecular complexity index is 990. The normalized spacial score (nSPS) is 17.3. The lowest BCUT2D eigenvalue weighted by molar-refractivity contribution is 0.0705. The standard InChI is InChI=1S/C19H19F2N5O2/c1-28-14-6-4-12(5-7-14)18(27)25-8-2-3-13(10-25)15-9-16(17(20)21)26-19(24-15)22-11-23-26/h4-7,9,11,13,17H,2-3,8,10H2,1H3/t13-/m0/s1. The zero-order valence-corrected chi connectivity index (χ0v) is 15.3. The second kappa shape index (κ2) is 7.49. The smallest absolute Gasteiger partial charge is 0.280 e. The second-order valence-corrected chi connectivity index (χ2v) is 6.70. The average Bonchev–Trinajstić information content (AvgIpc) is 3.21. The van der Waals surface area contributed by atoms with Crippen LogP contribution >= 0.6 is 0 Å². The zero-order valence-electron chi connectivity index (χ0n) is 15.3. The number of carbonyl (C=O) groups is 1. The fourth-order valence-electron chi connectivity index (χ4n) is 3.54. The first kappa shape index (κ1) is 18.3. The van der Waals surface area contributed by atoms with Crippen molar-refractivity contribution in [1.29, 1.82) is 0 Å². The Morgan fingerprint density at radius 2 is 2.07 bits per heavy atom. The SMILES string of the molecule is COc1ccc(C(=O)N2CCC[C@H](c3cc(C(F)F)n4ncnc4n3)C2)cc1. The van der Waals surface area contributed by atoms with Gasteiger partial charge in [0.05, 0.1) is 12.8 Å². The fraction of sp³-hybridized carbons (Fsp3) is 0.368. The quantitative estimate of drug-likeness (QED) is 0.688. The summed E-state index contributed by atoms with van der Waals surface area (Å²) in [6.07, 6.45) is 0.0625. The lowest BCUT2D eigenvalue weighted by atomic mass is 9.93. The van der Waals surface area contributed by atoms with Gasteiger partial charge in [0.15, 0.2) is 0 Å². The molecule has 1 saturated heterocycles. The van der Waals surface area contributed by atoms with E-state index in [0.717, 1.165) is 17.4 Å². The van der Waals surface area contributed by atoms with Crippen molar-refractivity contribution >= 4 is 11.7 Å². The molecule has 4 rings (SSSR count). The molecule has 0 saturated carbocycles. The largest absolute Gasteiger partial charge is 0.497 e. The summed E-state index contributed by atoms with van der Waals surface area (Å²) in [7, 11) is 1.57. The van der Waals surface area contributed by atoms with Crippen molar-refractivity contribution in [3.63, 3.8) is 0 Å². The van der Waals surface area contributed by atoms with E-state index in [1.54, 1.807) is 36.3 Å². The summed E-state index contributed by atoms with van der Waals surface area (Å²) in [6.45, 7) is 1.04. The van der Waals surface area contributed by atoms with E-state index >= 15 is 0 Å². The molecular weight excluding hydrogens is 368 g/mol. The molecule has 0 unspecified atom stereocenters. The second-order valence-electron chi connectivity index (χ2n) is 6.70. The van der Waals surface area contributed by atoms with Gasteiger partial charge in [-0.2, -0.15) is 14.6 Å². The molecule has 2 aromatic heterocycles. The number of fused-ring (bicyclic) bond motifs is 1. The molecule has 0 bridgehead atoms. The molecule has 0 aliphatic carbocycles. The van der Waals surface area contributed by atoms with Crippen LogP contribution < -0.4 is 4.74 Å². The predicted octanol–water partition coefficient (Wildman–Crippen LogP) is 3.09. The Labute approximate surface area is 160 Å². The number of methoxy groups -OCH3 is 1. The van der Waals surface area contributed by atoms with Crippen LogP contribution in [0.4, 0.5) is 8.78 Å². The van der Waals surface area contributed by atoms with Crippen LogP contribution in [0.2, 0.25) is 0 Å². The Hall–Kier alpha value is -3.10. The molecule has 9 heteroatoms.